The fourth-order valence-electron chi connectivity index (χ4n) is 2.63. The van der Waals surface area contributed by atoms with Gasteiger partial charge in [-0.3, -0.25) is 0 Å². The van der Waals surface area contributed by atoms with Crippen LogP contribution in [0.15, 0.2) is 6.33 Å². The summed E-state index contributed by atoms with van der Waals surface area (Å²) in [5, 5.41) is 11.0. The van der Waals surface area contributed by atoms with Crippen LogP contribution in [0, 0.1) is 18.3 Å². The molecule has 1 aromatic rings. The average Bonchev–Trinajstić information content (AvgIpc) is 2.90. The summed E-state index contributed by atoms with van der Waals surface area (Å²) in [7, 11) is 1.95. The van der Waals surface area contributed by atoms with Crippen LogP contribution in [0.1, 0.15) is 38.4 Å². The van der Waals surface area contributed by atoms with Gasteiger partial charge in [0, 0.05) is 26.1 Å². The summed E-state index contributed by atoms with van der Waals surface area (Å²) in [6.45, 7) is 5.45. The van der Waals surface area contributed by atoms with Gasteiger partial charge in [0.25, 0.3) is 0 Å². The van der Waals surface area contributed by atoms with Crippen LogP contribution in [0.3, 0.4) is 0 Å². The number of likely N-dealkylation sites (tertiary alicyclic amines) is 1. The standard InChI is InChI=1S/C15H23N5O/c1-5-13(11(2)3)17-15(21)20-8-6-12(7-9-20)14-18-16-10-19(14)4/h1,10-13H,6-9H2,2-4H3,(H,17,21). The average molecular weight is 289 g/mol. The fraction of sp³-hybridized carbons (Fsp3) is 0.667. The van der Waals surface area contributed by atoms with Gasteiger partial charge in [-0.25, -0.2) is 4.79 Å². The number of amides is 2. The largest absolute Gasteiger partial charge is 0.325 e. The molecule has 1 aromatic heterocycles. The summed E-state index contributed by atoms with van der Waals surface area (Å²) in [5.41, 5.74) is 0. The van der Waals surface area contributed by atoms with Gasteiger partial charge in [0.15, 0.2) is 0 Å². The lowest BCUT2D eigenvalue weighted by Gasteiger charge is -2.32. The number of carbonyl (C=O) groups excluding carboxylic acids is 1. The maximum atomic E-state index is 12.2. The third kappa shape index (κ3) is 3.54. The molecule has 0 radical (unpaired) electrons. The summed E-state index contributed by atoms with van der Waals surface area (Å²) in [6, 6.07) is -0.281. The number of nitrogens with zero attached hydrogens (tertiary/aromatic N) is 4. The van der Waals surface area contributed by atoms with E-state index in [1.807, 2.05) is 30.4 Å². The van der Waals surface area contributed by atoms with Crippen molar-refractivity contribution in [3.8, 4) is 12.3 Å². The summed E-state index contributed by atoms with van der Waals surface area (Å²) >= 11 is 0. The Kier molecular flexibility index (Phi) is 4.84. The molecule has 2 heterocycles. The van der Waals surface area contributed by atoms with Crippen molar-refractivity contribution in [2.45, 2.75) is 38.6 Å². The fourth-order valence-corrected chi connectivity index (χ4v) is 2.63. The topological polar surface area (TPSA) is 63.1 Å². The van der Waals surface area contributed by atoms with Crippen LogP contribution >= 0.6 is 0 Å². The van der Waals surface area contributed by atoms with Crippen molar-refractivity contribution in [1.29, 1.82) is 0 Å². The molecule has 1 atom stereocenters. The predicted molar refractivity (Wildman–Crippen MR) is 80.5 cm³/mol. The number of aromatic nitrogens is 3. The van der Waals surface area contributed by atoms with Gasteiger partial charge in [0.2, 0.25) is 0 Å². The zero-order chi connectivity index (χ0) is 15.4. The van der Waals surface area contributed by atoms with E-state index in [-0.39, 0.29) is 18.0 Å². The van der Waals surface area contributed by atoms with E-state index in [2.05, 4.69) is 21.4 Å². The number of hydrogen-bond donors (Lipinski definition) is 1. The Morgan fingerprint density at radius 1 is 1.48 bits per heavy atom. The summed E-state index contributed by atoms with van der Waals surface area (Å²) in [4.78, 5) is 14.1. The highest BCUT2D eigenvalue weighted by Crippen LogP contribution is 2.26. The Morgan fingerprint density at radius 2 is 2.14 bits per heavy atom. The van der Waals surface area contributed by atoms with Gasteiger partial charge < -0.3 is 14.8 Å². The van der Waals surface area contributed by atoms with Gasteiger partial charge in [0.1, 0.15) is 12.2 Å². The number of terminal acetylenes is 1. The van der Waals surface area contributed by atoms with Crippen molar-refractivity contribution in [2.75, 3.05) is 13.1 Å². The quantitative estimate of drug-likeness (QED) is 0.855. The van der Waals surface area contributed by atoms with Crippen molar-refractivity contribution < 1.29 is 4.79 Å². The number of aryl methyl sites for hydroxylation is 1. The minimum atomic E-state index is -0.214. The number of hydrogen-bond acceptors (Lipinski definition) is 3. The maximum Gasteiger partial charge on any atom is 0.318 e. The monoisotopic (exact) mass is 289 g/mol. The first-order valence-corrected chi connectivity index (χ1v) is 7.38. The van der Waals surface area contributed by atoms with Gasteiger partial charge in [0.05, 0.1) is 6.04 Å². The van der Waals surface area contributed by atoms with Crippen molar-refractivity contribution in [2.24, 2.45) is 13.0 Å². The molecule has 2 amide bonds. The third-order valence-corrected chi connectivity index (χ3v) is 4.02. The number of urea groups is 1. The molecule has 2 rings (SSSR count). The number of piperidine rings is 1. The molecule has 0 aliphatic carbocycles. The van der Waals surface area contributed by atoms with Crippen molar-refractivity contribution >= 4 is 6.03 Å². The van der Waals surface area contributed by atoms with Crippen LogP contribution in [-0.2, 0) is 7.05 Å². The van der Waals surface area contributed by atoms with Crippen LogP contribution < -0.4 is 5.32 Å². The third-order valence-electron chi connectivity index (χ3n) is 4.02. The first kappa shape index (κ1) is 15.4. The lowest BCUT2D eigenvalue weighted by Crippen LogP contribution is -2.48. The van der Waals surface area contributed by atoms with E-state index in [9.17, 15) is 4.79 Å². The van der Waals surface area contributed by atoms with Gasteiger partial charge in [-0.15, -0.1) is 16.6 Å². The predicted octanol–water partition coefficient (Wildman–Crippen LogP) is 1.36. The van der Waals surface area contributed by atoms with E-state index in [4.69, 9.17) is 6.42 Å². The smallest absolute Gasteiger partial charge is 0.318 e. The number of nitrogens with one attached hydrogen (secondary N) is 1. The molecular weight excluding hydrogens is 266 g/mol. The Bertz CT molecular complexity index is 522. The summed E-state index contributed by atoms with van der Waals surface area (Å²) < 4.78 is 1.95. The van der Waals surface area contributed by atoms with Crippen LogP contribution in [-0.4, -0.2) is 44.8 Å². The SMILES string of the molecule is C#CC(NC(=O)N1CCC(c2nncn2C)CC1)C(C)C. The Balaban J connectivity index is 1.88. The lowest BCUT2D eigenvalue weighted by atomic mass is 9.96. The molecule has 1 aliphatic heterocycles. The van der Waals surface area contributed by atoms with Crippen LogP contribution in [0.5, 0.6) is 0 Å². The van der Waals surface area contributed by atoms with Crippen LogP contribution in [0.2, 0.25) is 0 Å². The molecule has 1 N–H and O–H groups in total. The highest BCUT2D eigenvalue weighted by Gasteiger charge is 2.27. The molecule has 1 unspecified atom stereocenters. The molecule has 0 saturated carbocycles. The summed E-state index contributed by atoms with van der Waals surface area (Å²) in [5.74, 6) is 4.23. The second-order valence-corrected chi connectivity index (χ2v) is 5.90. The Morgan fingerprint density at radius 3 is 2.62 bits per heavy atom. The van der Waals surface area contributed by atoms with Crippen molar-refractivity contribution in [1.82, 2.24) is 25.0 Å². The molecule has 1 saturated heterocycles. The molecule has 0 aromatic carbocycles. The molecule has 0 spiro atoms. The zero-order valence-corrected chi connectivity index (χ0v) is 12.9. The highest BCUT2D eigenvalue weighted by molar-refractivity contribution is 5.75. The molecule has 1 fully saturated rings. The first-order chi connectivity index (χ1) is 10.0. The molecule has 1 aliphatic rings. The van der Waals surface area contributed by atoms with Crippen molar-refractivity contribution in [3.05, 3.63) is 12.2 Å². The zero-order valence-electron chi connectivity index (χ0n) is 12.9. The lowest BCUT2D eigenvalue weighted by molar-refractivity contribution is 0.176. The van der Waals surface area contributed by atoms with E-state index >= 15 is 0 Å². The highest BCUT2D eigenvalue weighted by atomic mass is 16.2. The number of rotatable bonds is 3. The first-order valence-electron chi connectivity index (χ1n) is 7.38. The summed E-state index contributed by atoms with van der Waals surface area (Å²) in [6.07, 6.45) is 8.98. The van der Waals surface area contributed by atoms with Gasteiger partial charge in [-0.1, -0.05) is 19.8 Å². The Labute approximate surface area is 125 Å². The second-order valence-electron chi connectivity index (χ2n) is 5.90. The van der Waals surface area contributed by atoms with E-state index in [0.717, 1.165) is 31.8 Å². The van der Waals surface area contributed by atoms with E-state index in [1.54, 1.807) is 6.33 Å². The minimum absolute atomic E-state index is 0.0666. The molecular formula is C15H23N5O. The molecule has 6 nitrogen and oxygen atoms in total. The second kappa shape index (κ2) is 6.61. The van der Waals surface area contributed by atoms with Gasteiger partial charge in [-0.2, -0.15) is 0 Å². The van der Waals surface area contributed by atoms with Gasteiger partial charge in [-0.05, 0) is 18.8 Å². The van der Waals surface area contributed by atoms with Gasteiger partial charge >= 0.3 is 6.03 Å². The van der Waals surface area contributed by atoms with Crippen molar-refractivity contribution in [3.63, 3.8) is 0 Å². The Hall–Kier alpha value is -2.03. The van der Waals surface area contributed by atoms with Crippen LogP contribution in [0.4, 0.5) is 4.79 Å². The van der Waals surface area contributed by atoms with E-state index < -0.39 is 0 Å². The maximum absolute atomic E-state index is 12.2. The minimum Gasteiger partial charge on any atom is -0.325 e. The number of carbonyl (C=O) groups is 1. The van der Waals surface area contributed by atoms with E-state index in [0.29, 0.717) is 5.92 Å². The molecule has 21 heavy (non-hydrogen) atoms. The van der Waals surface area contributed by atoms with E-state index in [1.165, 1.54) is 0 Å². The molecule has 6 heteroatoms. The van der Waals surface area contributed by atoms with Crippen LogP contribution in [0.25, 0.3) is 0 Å². The normalized spacial score (nSPS) is 17.6. The molecule has 114 valence electrons. The molecule has 0 bridgehead atoms.